The molecule has 0 bridgehead atoms. The van der Waals surface area contributed by atoms with Crippen molar-refractivity contribution in [3.63, 3.8) is 0 Å². The summed E-state index contributed by atoms with van der Waals surface area (Å²) in [6, 6.07) is 7.15. The van der Waals surface area contributed by atoms with E-state index in [1.165, 1.54) is 16.8 Å². The molecule has 0 radical (unpaired) electrons. The summed E-state index contributed by atoms with van der Waals surface area (Å²) in [5.74, 6) is 2.37. The normalized spacial score (nSPS) is 12.9. The van der Waals surface area contributed by atoms with E-state index in [1.54, 1.807) is 16.8 Å². The van der Waals surface area contributed by atoms with Crippen molar-refractivity contribution < 1.29 is 13.9 Å². The minimum atomic E-state index is -0.681. The number of ether oxygens (including phenoxy) is 2. The lowest BCUT2D eigenvalue weighted by Crippen LogP contribution is -2.27. The summed E-state index contributed by atoms with van der Waals surface area (Å²) in [4.78, 5) is 12.9. The number of fused-ring (bicyclic) bond motifs is 1. The van der Waals surface area contributed by atoms with Crippen molar-refractivity contribution >= 4 is 34.8 Å². The molecule has 160 valence electrons. The fourth-order valence-corrected chi connectivity index (χ4v) is 4.18. The van der Waals surface area contributed by atoms with Gasteiger partial charge in [0, 0.05) is 29.7 Å². The highest BCUT2D eigenvalue weighted by atomic mass is 35.5. The van der Waals surface area contributed by atoms with Gasteiger partial charge < -0.3 is 9.47 Å². The van der Waals surface area contributed by atoms with E-state index >= 15 is 0 Å². The van der Waals surface area contributed by atoms with Crippen LogP contribution in [0.25, 0.3) is 11.1 Å². The minimum Gasteiger partial charge on any atom is -0.477 e. The van der Waals surface area contributed by atoms with Crippen LogP contribution in [0.4, 0.5) is 4.39 Å². The molecule has 5 nitrogen and oxygen atoms in total. The molecule has 2 aromatic carbocycles. The van der Waals surface area contributed by atoms with Crippen LogP contribution in [-0.2, 0) is 13.1 Å². The van der Waals surface area contributed by atoms with Crippen LogP contribution in [0.1, 0.15) is 12.8 Å². The zero-order valence-electron chi connectivity index (χ0n) is 16.1. The first-order chi connectivity index (χ1) is 14.9. The molecule has 31 heavy (non-hydrogen) atoms. The van der Waals surface area contributed by atoms with Crippen molar-refractivity contribution in [1.29, 1.82) is 0 Å². The van der Waals surface area contributed by atoms with E-state index in [1.807, 2.05) is 0 Å². The molecule has 2 heterocycles. The number of hydrogen-bond donors (Lipinski definition) is 0. The van der Waals surface area contributed by atoms with E-state index in [4.69, 9.17) is 50.7 Å². The molecule has 1 aliphatic heterocycles. The summed E-state index contributed by atoms with van der Waals surface area (Å²) in [5.41, 5.74) is -0.284. The van der Waals surface area contributed by atoms with E-state index < -0.39 is 5.82 Å². The van der Waals surface area contributed by atoms with Crippen LogP contribution < -0.4 is 15.0 Å². The molecular formula is C22H16Cl3FN2O3. The highest BCUT2D eigenvalue weighted by Gasteiger charge is 2.25. The van der Waals surface area contributed by atoms with Gasteiger partial charge in [0.05, 0.1) is 10.6 Å². The average molecular weight is 482 g/mol. The molecule has 4 rings (SSSR count). The van der Waals surface area contributed by atoms with Gasteiger partial charge in [-0.05, 0) is 37.1 Å². The molecule has 0 N–H and O–H groups in total. The van der Waals surface area contributed by atoms with Crippen LogP contribution in [0.15, 0.2) is 35.1 Å². The van der Waals surface area contributed by atoms with Gasteiger partial charge in [0.2, 0.25) is 0 Å². The second-order valence-electron chi connectivity index (χ2n) is 6.87. The van der Waals surface area contributed by atoms with Gasteiger partial charge in [-0.2, -0.15) is 0 Å². The second kappa shape index (κ2) is 8.88. The molecule has 0 fully saturated rings. The number of hydrogen-bond acceptors (Lipinski definition) is 3. The third-order valence-electron chi connectivity index (χ3n) is 4.89. The predicted molar refractivity (Wildman–Crippen MR) is 119 cm³/mol. The van der Waals surface area contributed by atoms with Crippen molar-refractivity contribution in [3.05, 3.63) is 61.7 Å². The molecule has 0 aliphatic carbocycles. The summed E-state index contributed by atoms with van der Waals surface area (Å²) in [6.07, 6.45) is 7.00. The van der Waals surface area contributed by atoms with Crippen LogP contribution >= 0.6 is 34.8 Å². The fraction of sp³-hybridized carbons (Fsp3) is 0.227. The Morgan fingerprint density at radius 1 is 1.03 bits per heavy atom. The molecule has 0 saturated carbocycles. The molecule has 0 amide bonds. The lowest BCUT2D eigenvalue weighted by atomic mass is 10.1. The van der Waals surface area contributed by atoms with E-state index in [0.29, 0.717) is 23.9 Å². The van der Waals surface area contributed by atoms with E-state index in [0.717, 1.165) is 18.9 Å². The van der Waals surface area contributed by atoms with Crippen molar-refractivity contribution in [3.8, 4) is 40.7 Å². The van der Waals surface area contributed by atoms with Crippen molar-refractivity contribution in [2.24, 2.45) is 0 Å². The largest absolute Gasteiger partial charge is 0.477 e. The van der Waals surface area contributed by atoms with Crippen LogP contribution in [0.3, 0.4) is 0 Å². The number of aromatic nitrogens is 2. The standard InChI is InChI=1S/C22H16Cl3FN2O3/c1-2-9-30-19-10-13(23)5-6-17(19)31-18-11-14(16(26)12-15(18)24)20-21(25)27-7-3-4-8-28(27)22(20)29/h1,5-6,10-12H,3-4,7-9H2. The third kappa shape index (κ3) is 4.14. The Morgan fingerprint density at radius 3 is 2.48 bits per heavy atom. The van der Waals surface area contributed by atoms with Gasteiger partial charge in [-0.3, -0.25) is 9.48 Å². The zero-order valence-corrected chi connectivity index (χ0v) is 18.4. The highest BCUT2D eigenvalue weighted by molar-refractivity contribution is 6.33. The maximum absolute atomic E-state index is 14.9. The summed E-state index contributed by atoms with van der Waals surface area (Å²) in [5, 5.41) is 0.616. The van der Waals surface area contributed by atoms with E-state index in [2.05, 4.69) is 5.92 Å². The molecule has 0 saturated heterocycles. The molecular weight excluding hydrogens is 466 g/mol. The first kappa shape index (κ1) is 21.6. The van der Waals surface area contributed by atoms with Gasteiger partial charge in [0.15, 0.2) is 11.5 Å². The van der Waals surface area contributed by atoms with E-state index in [9.17, 15) is 9.18 Å². The van der Waals surface area contributed by atoms with Gasteiger partial charge in [-0.15, -0.1) is 6.42 Å². The monoisotopic (exact) mass is 480 g/mol. The molecule has 0 atom stereocenters. The smallest absolute Gasteiger partial charge is 0.276 e. The maximum Gasteiger partial charge on any atom is 0.276 e. The Hall–Kier alpha value is -2.59. The van der Waals surface area contributed by atoms with Crippen LogP contribution in [-0.4, -0.2) is 16.0 Å². The lowest BCUT2D eigenvalue weighted by molar-refractivity contribution is 0.346. The second-order valence-corrected chi connectivity index (χ2v) is 8.07. The van der Waals surface area contributed by atoms with Crippen molar-refractivity contribution in [2.45, 2.75) is 25.9 Å². The zero-order chi connectivity index (χ0) is 22.1. The Morgan fingerprint density at radius 2 is 1.77 bits per heavy atom. The van der Waals surface area contributed by atoms with Crippen LogP contribution in [0.2, 0.25) is 15.2 Å². The number of terminal acetylenes is 1. The number of halogens is 4. The average Bonchev–Trinajstić information content (AvgIpc) is 3.00. The molecule has 1 aromatic heterocycles. The first-order valence-electron chi connectivity index (χ1n) is 9.43. The molecule has 9 heteroatoms. The van der Waals surface area contributed by atoms with Gasteiger partial charge in [-0.25, -0.2) is 9.07 Å². The molecule has 3 aromatic rings. The molecule has 1 aliphatic rings. The summed E-state index contributed by atoms with van der Waals surface area (Å²) in [6.45, 7) is 1.12. The first-order valence-corrected chi connectivity index (χ1v) is 10.6. The van der Waals surface area contributed by atoms with Gasteiger partial charge in [0.25, 0.3) is 5.56 Å². The summed E-state index contributed by atoms with van der Waals surface area (Å²) < 4.78 is 29.4. The molecule has 0 unspecified atom stereocenters. The van der Waals surface area contributed by atoms with Gasteiger partial charge in [-0.1, -0.05) is 40.7 Å². The number of nitrogens with zero attached hydrogens (tertiary/aromatic N) is 2. The Labute approximate surface area is 192 Å². The minimum absolute atomic E-state index is 0.00175. The van der Waals surface area contributed by atoms with Crippen LogP contribution in [0.5, 0.6) is 17.2 Å². The van der Waals surface area contributed by atoms with Gasteiger partial charge in [0.1, 0.15) is 23.3 Å². The Kier molecular flexibility index (Phi) is 6.19. The summed E-state index contributed by atoms with van der Waals surface area (Å²) >= 11 is 18.7. The number of benzene rings is 2. The Balaban J connectivity index is 1.79. The lowest BCUT2D eigenvalue weighted by Gasteiger charge is -2.17. The van der Waals surface area contributed by atoms with Crippen molar-refractivity contribution in [1.82, 2.24) is 9.36 Å². The van der Waals surface area contributed by atoms with Crippen molar-refractivity contribution in [2.75, 3.05) is 6.61 Å². The third-order valence-corrected chi connectivity index (χ3v) is 5.80. The predicted octanol–water partition coefficient (Wildman–Crippen LogP) is 6.01. The maximum atomic E-state index is 14.9. The SMILES string of the molecule is C#CCOc1cc(Cl)ccc1Oc1cc(-c2c(Cl)n3n(c2=O)CCCC3)c(F)cc1Cl. The number of rotatable bonds is 5. The Bertz CT molecular complexity index is 1260. The quantitative estimate of drug-likeness (QED) is 0.419. The van der Waals surface area contributed by atoms with E-state index in [-0.39, 0.29) is 45.0 Å². The fourth-order valence-electron chi connectivity index (χ4n) is 3.47. The van der Waals surface area contributed by atoms with Crippen LogP contribution in [0, 0.1) is 18.2 Å². The van der Waals surface area contributed by atoms with Gasteiger partial charge >= 0.3 is 0 Å². The molecule has 0 spiro atoms. The topological polar surface area (TPSA) is 45.4 Å². The summed E-state index contributed by atoms with van der Waals surface area (Å²) in [7, 11) is 0. The highest BCUT2D eigenvalue weighted by Crippen LogP contribution is 2.40.